The zero-order valence-electron chi connectivity index (χ0n) is 13.2. The summed E-state index contributed by atoms with van der Waals surface area (Å²) in [6, 6.07) is 8.83. The van der Waals surface area contributed by atoms with E-state index in [1.165, 1.54) is 6.07 Å². The Hall–Kier alpha value is -2.65. The molecule has 2 heterocycles. The summed E-state index contributed by atoms with van der Waals surface area (Å²) in [5, 5.41) is 18.3. The highest BCUT2D eigenvalue weighted by Crippen LogP contribution is 2.32. The predicted octanol–water partition coefficient (Wildman–Crippen LogP) is 1.23. The lowest BCUT2D eigenvalue weighted by atomic mass is 10.2. The van der Waals surface area contributed by atoms with Gasteiger partial charge in [-0.25, -0.2) is 0 Å². The number of aromatic carboxylic acids is 1. The Labute approximate surface area is 153 Å². The monoisotopic (exact) mass is 376 g/mol. The Morgan fingerprint density at radius 1 is 1.28 bits per heavy atom. The normalized spacial score (nSPS) is 12.8. The van der Waals surface area contributed by atoms with E-state index in [-0.39, 0.29) is 11.7 Å². The summed E-state index contributed by atoms with van der Waals surface area (Å²) >= 11 is 6.28. The third kappa shape index (κ3) is 4.25. The van der Waals surface area contributed by atoms with Crippen molar-refractivity contribution in [1.29, 1.82) is 0 Å². The first-order chi connectivity index (χ1) is 12.0. The standard InChI is InChI=1S/C16H15N3O4S2/c1-9(13-4-5-14(25-13)15(20)21)18-19-16(24)17-7-10-2-3-11-12(6-10)23-8-22-11/h2-6H,7-8H2,1H3,(H,20,21)(H2,17,19,24)/p-1/b18-9-. The van der Waals surface area contributed by atoms with Crippen LogP contribution in [0.15, 0.2) is 35.4 Å². The summed E-state index contributed by atoms with van der Waals surface area (Å²) in [7, 11) is 0. The Morgan fingerprint density at radius 2 is 2.04 bits per heavy atom. The van der Waals surface area contributed by atoms with Gasteiger partial charge >= 0.3 is 0 Å². The van der Waals surface area contributed by atoms with Crippen molar-refractivity contribution in [2.75, 3.05) is 6.79 Å². The molecule has 0 atom stereocenters. The number of fused-ring (bicyclic) bond motifs is 1. The second kappa shape index (κ2) is 7.49. The molecule has 1 aromatic heterocycles. The molecule has 0 saturated carbocycles. The molecule has 130 valence electrons. The van der Waals surface area contributed by atoms with Gasteiger partial charge in [0.1, 0.15) is 0 Å². The van der Waals surface area contributed by atoms with E-state index in [0.29, 0.717) is 23.1 Å². The number of rotatable bonds is 5. The molecule has 0 amide bonds. The van der Waals surface area contributed by atoms with Gasteiger partial charge < -0.3 is 24.7 Å². The SMILES string of the molecule is C/C(=N/NC(=S)NCc1ccc2c(c1)OCO2)c1ccc(C(=O)[O-])s1. The first-order valence-corrected chi connectivity index (χ1v) is 8.53. The molecule has 1 aliphatic heterocycles. The van der Waals surface area contributed by atoms with Gasteiger partial charge in [0.05, 0.1) is 21.4 Å². The highest BCUT2D eigenvalue weighted by Gasteiger charge is 2.13. The molecule has 7 nitrogen and oxygen atoms in total. The summed E-state index contributed by atoms with van der Waals surface area (Å²) in [5.74, 6) is 0.253. The fourth-order valence-corrected chi connectivity index (χ4v) is 3.01. The number of hydrogen-bond acceptors (Lipinski definition) is 7. The van der Waals surface area contributed by atoms with Gasteiger partial charge in [0.25, 0.3) is 0 Å². The number of hydrogen-bond donors (Lipinski definition) is 2. The molecule has 0 unspecified atom stereocenters. The molecule has 3 rings (SSSR count). The number of thiocarbonyl (C=S) groups is 1. The van der Waals surface area contributed by atoms with Crippen LogP contribution in [0.3, 0.4) is 0 Å². The smallest absolute Gasteiger partial charge is 0.231 e. The fraction of sp³-hybridized carbons (Fsp3) is 0.188. The van der Waals surface area contributed by atoms with Crippen LogP contribution in [0.25, 0.3) is 0 Å². The van der Waals surface area contributed by atoms with Crippen LogP contribution in [0.4, 0.5) is 0 Å². The summed E-state index contributed by atoms with van der Waals surface area (Å²) in [4.78, 5) is 11.7. The Bertz CT molecular complexity index is 848. The van der Waals surface area contributed by atoms with Crippen LogP contribution in [0, 0.1) is 0 Å². The maximum Gasteiger partial charge on any atom is 0.231 e. The molecule has 0 radical (unpaired) electrons. The molecule has 2 aromatic rings. The first kappa shape index (κ1) is 17.2. The van der Waals surface area contributed by atoms with Gasteiger partial charge in [0, 0.05) is 6.54 Å². The quantitative estimate of drug-likeness (QED) is 0.460. The summed E-state index contributed by atoms with van der Waals surface area (Å²) < 4.78 is 10.6. The highest BCUT2D eigenvalue weighted by molar-refractivity contribution is 7.80. The molecule has 2 N–H and O–H groups in total. The van der Waals surface area contributed by atoms with E-state index in [0.717, 1.165) is 27.5 Å². The van der Waals surface area contributed by atoms with E-state index < -0.39 is 5.97 Å². The number of thiophene rings is 1. The maximum absolute atomic E-state index is 10.8. The van der Waals surface area contributed by atoms with Crippen LogP contribution in [0.1, 0.15) is 27.0 Å². The van der Waals surface area contributed by atoms with Crippen LogP contribution in [0.2, 0.25) is 0 Å². The van der Waals surface area contributed by atoms with Crippen molar-refractivity contribution in [2.24, 2.45) is 5.10 Å². The number of nitrogens with zero attached hydrogens (tertiary/aromatic N) is 1. The van der Waals surface area contributed by atoms with Gasteiger partial charge in [0.15, 0.2) is 16.6 Å². The molecular weight excluding hydrogens is 362 g/mol. The topological polar surface area (TPSA) is 95.0 Å². The molecule has 0 spiro atoms. The van der Waals surface area contributed by atoms with Crippen molar-refractivity contribution < 1.29 is 19.4 Å². The minimum atomic E-state index is -1.20. The van der Waals surface area contributed by atoms with Crippen molar-refractivity contribution >= 4 is 40.3 Å². The number of carboxylic acid groups (broad SMARTS) is 1. The molecule has 0 saturated heterocycles. The maximum atomic E-state index is 10.8. The second-order valence-corrected chi connectivity index (χ2v) is 6.62. The Balaban J connectivity index is 1.52. The molecule has 1 aromatic carbocycles. The minimum absolute atomic E-state index is 0.160. The van der Waals surface area contributed by atoms with Crippen LogP contribution in [-0.2, 0) is 6.54 Å². The lowest BCUT2D eigenvalue weighted by molar-refractivity contribution is -0.254. The van der Waals surface area contributed by atoms with Gasteiger partial charge in [-0.1, -0.05) is 6.07 Å². The predicted molar refractivity (Wildman–Crippen MR) is 96.0 cm³/mol. The van der Waals surface area contributed by atoms with E-state index in [9.17, 15) is 9.90 Å². The minimum Gasteiger partial charge on any atom is -0.544 e. The third-order valence-electron chi connectivity index (χ3n) is 3.38. The van der Waals surface area contributed by atoms with Crippen molar-refractivity contribution in [3.8, 4) is 11.5 Å². The average Bonchev–Trinajstić information content (AvgIpc) is 3.26. The van der Waals surface area contributed by atoms with E-state index in [1.807, 2.05) is 18.2 Å². The second-order valence-electron chi connectivity index (χ2n) is 5.13. The van der Waals surface area contributed by atoms with E-state index in [2.05, 4.69) is 15.8 Å². The van der Waals surface area contributed by atoms with Gasteiger partial charge in [-0.2, -0.15) is 5.10 Å². The Kier molecular flexibility index (Phi) is 5.15. The number of hydrazone groups is 1. The van der Waals surface area contributed by atoms with Crippen LogP contribution >= 0.6 is 23.6 Å². The molecular formula is C16H14N3O4S2-. The van der Waals surface area contributed by atoms with Crippen LogP contribution in [-0.4, -0.2) is 23.6 Å². The third-order valence-corrected chi connectivity index (χ3v) is 4.79. The number of carbonyl (C=O) groups is 1. The fourth-order valence-electron chi connectivity index (χ4n) is 2.10. The number of ether oxygens (including phenoxy) is 2. The van der Waals surface area contributed by atoms with E-state index >= 15 is 0 Å². The van der Waals surface area contributed by atoms with Gasteiger partial charge in [-0.05, 0) is 49.0 Å². The zero-order valence-corrected chi connectivity index (χ0v) is 14.8. The van der Waals surface area contributed by atoms with Crippen molar-refractivity contribution in [2.45, 2.75) is 13.5 Å². The molecule has 0 aliphatic carbocycles. The van der Waals surface area contributed by atoms with Crippen LogP contribution < -0.4 is 25.3 Å². The molecule has 25 heavy (non-hydrogen) atoms. The largest absolute Gasteiger partial charge is 0.544 e. The average molecular weight is 376 g/mol. The van der Waals surface area contributed by atoms with Crippen LogP contribution in [0.5, 0.6) is 11.5 Å². The van der Waals surface area contributed by atoms with Crippen molar-refractivity contribution in [1.82, 2.24) is 10.7 Å². The molecule has 0 fully saturated rings. The lowest BCUT2D eigenvalue weighted by Gasteiger charge is -2.08. The summed E-state index contributed by atoms with van der Waals surface area (Å²) in [6.45, 7) is 2.51. The zero-order chi connectivity index (χ0) is 17.8. The number of carbonyl (C=O) groups excluding carboxylic acids is 1. The number of carboxylic acids is 1. The number of benzene rings is 1. The van der Waals surface area contributed by atoms with Crippen molar-refractivity contribution in [3.63, 3.8) is 0 Å². The van der Waals surface area contributed by atoms with E-state index in [1.54, 1.807) is 13.0 Å². The lowest BCUT2D eigenvalue weighted by Crippen LogP contribution is -2.32. The highest BCUT2D eigenvalue weighted by atomic mass is 32.1. The van der Waals surface area contributed by atoms with Gasteiger partial charge in [0.2, 0.25) is 6.79 Å². The summed E-state index contributed by atoms with van der Waals surface area (Å²) in [6.07, 6.45) is 0. The van der Waals surface area contributed by atoms with Gasteiger partial charge in [-0.3, -0.25) is 5.43 Å². The molecule has 1 aliphatic rings. The first-order valence-electron chi connectivity index (χ1n) is 7.31. The van der Waals surface area contributed by atoms with E-state index in [4.69, 9.17) is 21.7 Å². The molecule has 0 bridgehead atoms. The summed E-state index contributed by atoms with van der Waals surface area (Å²) in [5.41, 5.74) is 4.36. The van der Waals surface area contributed by atoms with Gasteiger partial charge in [-0.15, -0.1) is 11.3 Å². The molecule has 9 heteroatoms. The number of nitrogens with one attached hydrogen (secondary N) is 2. The Morgan fingerprint density at radius 3 is 2.80 bits per heavy atom. The van der Waals surface area contributed by atoms with Crippen molar-refractivity contribution in [3.05, 3.63) is 45.6 Å².